The van der Waals surface area contributed by atoms with Crippen molar-refractivity contribution in [3.8, 4) is 0 Å². The van der Waals surface area contributed by atoms with Crippen molar-refractivity contribution in [3.63, 3.8) is 0 Å². The smallest absolute Gasteiger partial charge is 0.272 e. The van der Waals surface area contributed by atoms with E-state index < -0.39 is 0 Å². The number of hydrogen-bond acceptors (Lipinski definition) is 4. The topological polar surface area (TPSA) is 58.4 Å². The summed E-state index contributed by atoms with van der Waals surface area (Å²) in [6.07, 6.45) is 5.13. The number of benzene rings is 1. The molecule has 21 heavy (non-hydrogen) atoms. The maximum absolute atomic E-state index is 11.0. The van der Waals surface area contributed by atoms with Crippen molar-refractivity contribution in [1.29, 1.82) is 0 Å². The number of nitrogens with one attached hydrogen (secondary N) is 1. The van der Waals surface area contributed by atoms with Gasteiger partial charge < -0.3 is 10.2 Å². The largest absolute Gasteiger partial charge is 0.310 e. The molecule has 0 bridgehead atoms. The Bertz CT molecular complexity index is 520. The van der Waals surface area contributed by atoms with Gasteiger partial charge in [-0.25, -0.2) is 0 Å². The minimum absolute atomic E-state index is 0.220. The molecule has 0 radical (unpaired) electrons. The highest BCUT2D eigenvalue weighted by atomic mass is 16.6. The van der Waals surface area contributed by atoms with Gasteiger partial charge in [0, 0.05) is 30.3 Å². The molecular weight excluding hydrogens is 266 g/mol. The first-order valence-corrected chi connectivity index (χ1v) is 7.85. The van der Waals surface area contributed by atoms with Crippen LogP contribution in [0.25, 0.3) is 0 Å². The van der Waals surface area contributed by atoms with Crippen LogP contribution in [0.2, 0.25) is 0 Å². The summed E-state index contributed by atoms with van der Waals surface area (Å²) in [7, 11) is 0. The summed E-state index contributed by atoms with van der Waals surface area (Å²) in [5.41, 5.74) is 1.94. The SMILES string of the molecule is Cc1ccc(CNC2CCN(C3CC3)CC2)cc1[N+](=O)[O-]. The number of likely N-dealkylation sites (tertiary alicyclic amines) is 1. The Morgan fingerprint density at radius 3 is 2.62 bits per heavy atom. The van der Waals surface area contributed by atoms with Gasteiger partial charge in [-0.2, -0.15) is 0 Å². The molecule has 0 aromatic heterocycles. The average Bonchev–Trinajstić information content (AvgIpc) is 3.31. The molecule has 1 saturated carbocycles. The average molecular weight is 289 g/mol. The van der Waals surface area contributed by atoms with E-state index in [2.05, 4.69) is 10.2 Å². The number of nitro groups is 1. The maximum Gasteiger partial charge on any atom is 0.272 e. The van der Waals surface area contributed by atoms with Gasteiger partial charge in [-0.05, 0) is 51.3 Å². The Morgan fingerprint density at radius 2 is 2.00 bits per heavy atom. The van der Waals surface area contributed by atoms with Crippen LogP contribution in [0.5, 0.6) is 0 Å². The van der Waals surface area contributed by atoms with Crippen molar-refractivity contribution in [1.82, 2.24) is 10.2 Å². The van der Waals surface area contributed by atoms with Crippen molar-refractivity contribution in [3.05, 3.63) is 39.4 Å². The molecule has 1 aliphatic heterocycles. The molecule has 3 rings (SSSR count). The zero-order valence-electron chi connectivity index (χ0n) is 12.5. The monoisotopic (exact) mass is 289 g/mol. The van der Waals surface area contributed by atoms with Gasteiger partial charge in [0.15, 0.2) is 0 Å². The van der Waals surface area contributed by atoms with Gasteiger partial charge in [-0.3, -0.25) is 10.1 Å². The fraction of sp³-hybridized carbons (Fsp3) is 0.625. The highest BCUT2D eigenvalue weighted by Crippen LogP contribution is 2.29. The summed E-state index contributed by atoms with van der Waals surface area (Å²) in [4.78, 5) is 13.3. The molecule has 1 aliphatic carbocycles. The Hall–Kier alpha value is -1.46. The van der Waals surface area contributed by atoms with Gasteiger partial charge in [0.25, 0.3) is 5.69 Å². The summed E-state index contributed by atoms with van der Waals surface area (Å²) in [6, 6.07) is 6.92. The minimum atomic E-state index is -0.299. The van der Waals surface area contributed by atoms with E-state index in [1.54, 1.807) is 13.0 Å². The molecule has 1 N–H and O–H groups in total. The van der Waals surface area contributed by atoms with E-state index >= 15 is 0 Å². The molecule has 0 spiro atoms. The van der Waals surface area contributed by atoms with Crippen LogP contribution in [-0.4, -0.2) is 35.0 Å². The predicted octanol–water partition coefficient (Wildman–Crippen LogP) is 2.62. The van der Waals surface area contributed by atoms with E-state index in [1.165, 1.54) is 38.8 Å². The van der Waals surface area contributed by atoms with E-state index in [1.807, 2.05) is 12.1 Å². The van der Waals surface area contributed by atoms with Crippen LogP contribution in [0.4, 0.5) is 5.69 Å². The number of piperidine rings is 1. The second-order valence-electron chi connectivity index (χ2n) is 6.30. The van der Waals surface area contributed by atoms with Crippen molar-refractivity contribution in [2.75, 3.05) is 13.1 Å². The Labute approximate surface area is 125 Å². The molecule has 114 valence electrons. The van der Waals surface area contributed by atoms with Crippen LogP contribution in [-0.2, 0) is 6.54 Å². The maximum atomic E-state index is 11.0. The number of aryl methyl sites for hydroxylation is 1. The number of hydrogen-bond donors (Lipinski definition) is 1. The van der Waals surface area contributed by atoms with Crippen LogP contribution < -0.4 is 5.32 Å². The van der Waals surface area contributed by atoms with E-state index in [9.17, 15) is 10.1 Å². The number of nitro benzene ring substituents is 1. The van der Waals surface area contributed by atoms with Crippen LogP contribution in [0.15, 0.2) is 18.2 Å². The predicted molar refractivity (Wildman–Crippen MR) is 82.3 cm³/mol. The molecule has 0 atom stereocenters. The van der Waals surface area contributed by atoms with Crippen molar-refractivity contribution in [2.24, 2.45) is 0 Å². The first-order valence-electron chi connectivity index (χ1n) is 7.85. The standard InChI is InChI=1S/C16H23N3O2/c1-12-2-3-13(10-16(12)19(20)21)11-17-14-6-8-18(9-7-14)15-4-5-15/h2-3,10,14-15,17H,4-9,11H2,1H3. The van der Waals surface area contributed by atoms with Crippen molar-refractivity contribution < 1.29 is 4.92 Å². The van der Waals surface area contributed by atoms with Gasteiger partial charge in [0.2, 0.25) is 0 Å². The van der Waals surface area contributed by atoms with Gasteiger partial charge in [-0.1, -0.05) is 12.1 Å². The molecule has 2 aliphatic rings. The Kier molecular flexibility index (Phi) is 4.22. The van der Waals surface area contributed by atoms with E-state index in [0.717, 1.165) is 23.7 Å². The van der Waals surface area contributed by atoms with Crippen molar-refractivity contribution in [2.45, 2.75) is 51.2 Å². The second-order valence-corrected chi connectivity index (χ2v) is 6.30. The summed E-state index contributed by atoms with van der Waals surface area (Å²) in [5.74, 6) is 0. The van der Waals surface area contributed by atoms with E-state index in [0.29, 0.717) is 6.04 Å². The number of nitrogens with zero attached hydrogens (tertiary/aromatic N) is 2. The zero-order chi connectivity index (χ0) is 14.8. The first-order chi connectivity index (χ1) is 10.1. The lowest BCUT2D eigenvalue weighted by molar-refractivity contribution is -0.385. The third-order valence-corrected chi connectivity index (χ3v) is 4.66. The first kappa shape index (κ1) is 14.5. The van der Waals surface area contributed by atoms with Gasteiger partial charge >= 0.3 is 0 Å². The molecule has 5 nitrogen and oxygen atoms in total. The molecule has 5 heteroatoms. The molecule has 1 heterocycles. The Balaban J connectivity index is 1.51. The van der Waals surface area contributed by atoms with Crippen LogP contribution in [0.3, 0.4) is 0 Å². The lowest BCUT2D eigenvalue weighted by Gasteiger charge is -2.32. The van der Waals surface area contributed by atoms with Crippen LogP contribution >= 0.6 is 0 Å². The summed E-state index contributed by atoms with van der Waals surface area (Å²) in [6.45, 7) is 4.88. The van der Waals surface area contributed by atoms with Crippen molar-refractivity contribution >= 4 is 5.69 Å². The third kappa shape index (κ3) is 3.60. The molecule has 1 aromatic rings. The lowest BCUT2D eigenvalue weighted by atomic mass is 10.0. The Morgan fingerprint density at radius 1 is 1.29 bits per heavy atom. The normalized spacial score (nSPS) is 20.6. The summed E-state index contributed by atoms with van der Waals surface area (Å²) < 4.78 is 0. The minimum Gasteiger partial charge on any atom is -0.310 e. The number of rotatable bonds is 5. The zero-order valence-corrected chi connectivity index (χ0v) is 12.5. The highest BCUT2D eigenvalue weighted by molar-refractivity contribution is 5.42. The quantitative estimate of drug-likeness (QED) is 0.668. The van der Waals surface area contributed by atoms with E-state index in [4.69, 9.17) is 0 Å². The van der Waals surface area contributed by atoms with Gasteiger partial charge in [0.05, 0.1) is 4.92 Å². The molecule has 0 amide bonds. The summed E-state index contributed by atoms with van der Waals surface area (Å²) >= 11 is 0. The molecule has 1 aromatic carbocycles. The second kappa shape index (κ2) is 6.12. The van der Waals surface area contributed by atoms with Gasteiger partial charge in [-0.15, -0.1) is 0 Å². The molecule has 2 fully saturated rings. The fourth-order valence-electron chi connectivity index (χ4n) is 3.13. The molecular formula is C16H23N3O2. The third-order valence-electron chi connectivity index (χ3n) is 4.66. The fourth-order valence-corrected chi connectivity index (χ4v) is 3.13. The molecule has 0 unspecified atom stereocenters. The van der Waals surface area contributed by atoms with E-state index in [-0.39, 0.29) is 10.6 Å². The molecule has 1 saturated heterocycles. The summed E-state index contributed by atoms with van der Waals surface area (Å²) in [5, 5.41) is 14.5. The van der Waals surface area contributed by atoms with Crippen LogP contribution in [0, 0.1) is 17.0 Å². The lowest BCUT2D eigenvalue weighted by Crippen LogP contribution is -2.43. The van der Waals surface area contributed by atoms with Gasteiger partial charge in [0.1, 0.15) is 0 Å². The highest BCUT2D eigenvalue weighted by Gasteiger charge is 2.31. The van der Waals surface area contributed by atoms with Crippen LogP contribution in [0.1, 0.15) is 36.8 Å².